The first-order chi connectivity index (χ1) is 41.3. The minimum absolute atomic E-state index is 0.0249. The Morgan fingerprint density at radius 1 is 0.369 bits per heavy atom. The molecule has 0 spiro atoms. The van der Waals surface area contributed by atoms with Crippen molar-refractivity contribution in [2.75, 3.05) is 10.6 Å². The van der Waals surface area contributed by atoms with E-state index in [1.54, 1.807) is 0 Å². The largest absolute Gasteiger partial charge is 0.457 e. The standard InChI is InChI=1S/C79H58N4O/c1-79(2,3)49-40-41-80-73(44-49)83-71-33-15-12-20-55(71)56-39-36-52(46-72(56)83)84-51-19-16-18-50(45-51)81-69-31-13-14-32-70(69)82-78-53(47-34-37-65-67(42-47)76-61-25-8-4-21-57(61)74(65)58-22-5-9-26-62(58)76)29-17-30-54(78)48-35-38-66-68(43-48)77-63-27-10-6-23-59(63)75(66)60-24-7-11-28-64(60)77/h4-46,74-77,81-82H,1-3H3. The number of nitrogens with one attached hydrogen (secondary N) is 2. The van der Waals surface area contributed by atoms with Gasteiger partial charge in [0, 0.05) is 69.6 Å². The second-order valence-electron chi connectivity index (χ2n) is 24.3. The molecule has 5 heteroatoms. The molecule has 0 atom stereocenters. The van der Waals surface area contributed by atoms with Gasteiger partial charge in [0.05, 0.1) is 28.1 Å². The van der Waals surface area contributed by atoms with Gasteiger partial charge in [-0.3, -0.25) is 4.57 Å². The van der Waals surface area contributed by atoms with Crippen LogP contribution in [0.4, 0.5) is 22.7 Å². The number of hydrogen-bond donors (Lipinski definition) is 2. The van der Waals surface area contributed by atoms with Crippen LogP contribution in [-0.4, -0.2) is 9.55 Å². The third-order valence-electron chi connectivity index (χ3n) is 18.6. The van der Waals surface area contributed by atoms with E-state index in [-0.39, 0.29) is 29.1 Å². The summed E-state index contributed by atoms with van der Waals surface area (Å²) in [5.74, 6) is 3.08. The third kappa shape index (κ3) is 7.51. The predicted octanol–water partition coefficient (Wildman–Crippen LogP) is 20.1. The molecular weight excluding hydrogens is 1020 g/mol. The number of anilines is 4. The third-order valence-corrected chi connectivity index (χ3v) is 18.6. The normalized spacial score (nSPS) is 16.5. The highest BCUT2D eigenvalue weighted by molar-refractivity contribution is 6.09. The average molecular weight is 1080 g/mol. The van der Waals surface area contributed by atoms with E-state index in [2.05, 4.69) is 285 Å². The molecule has 0 saturated heterocycles. The summed E-state index contributed by atoms with van der Waals surface area (Å²) in [6, 6.07) is 93.9. The van der Waals surface area contributed by atoms with Gasteiger partial charge in [-0.15, -0.1) is 0 Å². The first-order valence-corrected chi connectivity index (χ1v) is 29.5. The van der Waals surface area contributed by atoms with E-state index >= 15 is 0 Å². The van der Waals surface area contributed by atoms with Crippen LogP contribution in [0.15, 0.2) is 261 Å². The zero-order chi connectivity index (χ0) is 55.8. The van der Waals surface area contributed by atoms with E-state index in [0.29, 0.717) is 0 Å². The highest BCUT2D eigenvalue weighted by Gasteiger charge is 2.43. The second kappa shape index (κ2) is 18.6. The maximum absolute atomic E-state index is 6.79. The summed E-state index contributed by atoms with van der Waals surface area (Å²) in [7, 11) is 0. The van der Waals surface area contributed by atoms with Gasteiger partial charge >= 0.3 is 0 Å². The molecule has 0 amide bonds. The Balaban J connectivity index is 0.754. The summed E-state index contributed by atoms with van der Waals surface area (Å²) in [6.45, 7) is 6.73. The Morgan fingerprint density at radius 3 is 1.39 bits per heavy atom. The Hall–Kier alpha value is -10.2. The molecule has 6 aliphatic rings. The van der Waals surface area contributed by atoms with Crippen LogP contribution >= 0.6 is 0 Å². The number of ether oxygens (including phenoxy) is 1. The fraction of sp³-hybridized carbons (Fsp3) is 0.101. The number of pyridine rings is 1. The molecule has 4 bridgehead atoms. The molecule has 19 rings (SSSR count). The van der Waals surface area contributed by atoms with Gasteiger partial charge in [0.25, 0.3) is 0 Å². The fourth-order valence-corrected chi connectivity index (χ4v) is 14.9. The average Bonchev–Trinajstić information content (AvgIpc) is 1.17. The van der Waals surface area contributed by atoms with Crippen LogP contribution < -0.4 is 15.4 Å². The molecule has 0 aliphatic heterocycles. The van der Waals surface area contributed by atoms with Crippen molar-refractivity contribution in [1.82, 2.24) is 9.55 Å². The van der Waals surface area contributed by atoms with E-state index in [1.165, 1.54) is 88.8 Å². The first-order valence-electron chi connectivity index (χ1n) is 29.5. The number of para-hydroxylation sites is 4. The molecule has 2 heterocycles. The lowest BCUT2D eigenvalue weighted by Crippen LogP contribution is -2.27. The molecular formula is C79H58N4O. The van der Waals surface area contributed by atoms with Crippen molar-refractivity contribution in [3.05, 3.63) is 333 Å². The van der Waals surface area contributed by atoms with Crippen molar-refractivity contribution in [3.63, 3.8) is 0 Å². The Morgan fingerprint density at radius 2 is 0.833 bits per heavy atom. The van der Waals surface area contributed by atoms with Gasteiger partial charge in [0.2, 0.25) is 0 Å². The predicted molar refractivity (Wildman–Crippen MR) is 344 cm³/mol. The first kappa shape index (κ1) is 48.5. The van der Waals surface area contributed by atoms with Crippen molar-refractivity contribution < 1.29 is 4.74 Å². The SMILES string of the molecule is CC(C)(C)c1ccnc(-n2c3ccccc3c3ccc(Oc4cccc(Nc5ccccc5Nc5c(-c6ccc7c(c6)C6c8ccccc8C7c7ccccc76)cccc5-c5ccc6c(c5)C5c7ccccc7C6c6ccccc65)c4)cc32)c1. The number of aromatic nitrogens is 2. The summed E-state index contributed by atoms with van der Waals surface area (Å²) < 4.78 is 9.05. The van der Waals surface area contributed by atoms with E-state index in [9.17, 15) is 0 Å². The van der Waals surface area contributed by atoms with Gasteiger partial charge in [-0.05, 0) is 156 Å². The minimum Gasteiger partial charge on any atom is -0.457 e. The lowest BCUT2D eigenvalue weighted by molar-refractivity contribution is 0.483. The van der Waals surface area contributed by atoms with Gasteiger partial charge in [-0.2, -0.15) is 0 Å². The smallest absolute Gasteiger partial charge is 0.137 e. The highest BCUT2D eigenvalue weighted by Crippen LogP contribution is 2.59. The van der Waals surface area contributed by atoms with Crippen LogP contribution in [0.2, 0.25) is 0 Å². The zero-order valence-corrected chi connectivity index (χ0v) is 46.9. The van der Waals surface area contributed by atoms with Gasteiger partial charge in [-0.1, -0.05) is 197 Å². The zero-order valence-electron chi connectivity index (χ0n) is 46.9. The Bertz CT molecular complexity index is 4600. The quantitative estimate of drug-likeness (QED) is 0.151. The maximum atomic E-state index is 6.79. The summed E-state index contributed by atoms with van der Waals surface area (Å²) in [6.07, 6.45) is 1.92. The molecule has 0 radical (unpaired) electrons. The molecule has 0 saturated carbocycles. The maximum Gasteiger partial charge on any atom is 0.137 e. The monoisotopic (exact) mass is 1080 g/mol. The van der Waals surface area contributed by atoms with Crippen LogP contribution in [0.5, 0.6) is 11.5 Å². The molecule has 5 nitrogen and oxygen atoms in total. The number of benzene rings is 11. The van der Waals surface area contributed by atoms with Crippen molar-refractivity contribution >= 4 is 44.6 Å². The van der Waals surface area contributed by atoms with E-state index in [1.807, 2.05) is 12.3 Å². The number of fused-ring (bicyclic) bond motifs is 3. The van der Waals surface area contributed by atoms with Gasteiger partial charge in [0.15, 0.2) is 0 Å². The van der Waals surface area contributed by atoms with Gasteiger partial charge < -0.3 is 15.4 Å². The minimum atomic E-state index is -0.0249. The second-order valence-corrected chi connectivity index (χ2v) is 24.3. The summed E-state index contributed by atoms with van der Waals surface area (Å²) >= 11 is 0. The van der Waals surface area contributed by atoms with Crippen LogP contribution in [0, 0.1) is 0 Å². The summed E-state index contributed by atoms with van der Waals surface area (Å²) in [5.41, 5.74) is 28.8. The molecule has 2 N–H and O–H groups in total. The molecule has 2 aromatic heterocycles. The van der Waals surface area contributed by atoms with Crippen molar-refractivity contribution in [3.8, 4) is 39.6 Å². The van der Waals surface area contributed by atoms with Crippen LogP contribution in [-0.2, 0) is 5.41 Å². The number of hydrogen-bond acceptors (Lipinski definition) is 4. The Kier molecular flexibility index (Phi) is 10.8. The van der Waals surface area contributed by atoms with Gasteiger partial charge in [-0.25, -0.2) is 4.98 Å². The number of nitrogens with zero attached hydrogens (tertiary/aromatic N) is 2. The van der Waals surface area contributed by atoms with Crippen molar-refractivity contribution in [2.45, 2.75) is 49.9 Å². The molecule has 6 aliphatic carbocycles. The van der Waals surface area contributed by atoms with Crippen molar-refractivity contribution in [1.29, 1.82) is 0 Å². The summed E-state index contributed by atoms with van der Waals surface area (Å²) in [5, 5.41) is 10.3. The van der Waals surface area contributed by atoms with Crippen molar-refractivity contribution in [2.24, 2.45) is 0 Å². The van der Waals surface area contributed by atoms with E-state index < -0.39 is 0 Å². The lowest BCUT2D eigenvalue weighted by Gasteiger charge is -2.42. The van der Waals surface area contributed by atoms with E-state index in [4.69, 9.17) is 9.72 Å². The fourth-order valence-electron chi connectivity index (χ4n) is 14.9. The molecule has 84 heavy (non-hydrogen) atoms. The summed E-state index contributed by atoms with van der Waals surface area (Å²) in [4.78, 5) is 4.92. The molecule has 0 fully saturated rings. The molecule has 11 aromatic carbocycles. The lowest BCUT2D eigenvalue weighted by atomic mass is 9.61. The van der Waals surface area contributed by atoms with Crippen LogP contribution in [0.25, 0.3) is 49.9 Å². The van der Waals surface area contributed by atoms with E-state index in [0.717, 1.165) is 67.6 Å². The Labute approximate surface area is 489 Å². The van der Waals surface area contributed by atoms with Crippen LogP contribution in [0.3, 0.4) is 0 Å². The number of rotatable bonds is 9. The van der Waals surface area contributed by atoms with Gasteiger partial charge in [0.1, 0.15) is 17.3 Å². The highest BCUT2D eigenvalue weighted by atomic mass is 16.5. The molecule has 400 valence electrons. The molecule has 13 aromatic rings. The topological polar surface area (TPSA) is 51.1 Å². The molecule has 0 unspecified atom stereocenters. The van der Waals surface area contributed by atoms with Crippen LogP contribution in [0.1, 0.15) is 117 Å².